The monoisotopic (exact) mass is 142 g/mol. The molecule has 1 aromatic rings. The summed E-state index contributed by atoms with van der Waals surface area (Å²) in [4.78, 5) is 0. The van der Waals surface area contributed by atoms with Gasteiger partial charge in [-0.25, -0.2) is 0 Å². The molecule has 0 unspecified atom stereocenters. The van der Waals surface area contributed by atoms with Crippen LogP contribution in [0, 0.1) is 0 Å². The quantitative estimate of drug-likeness (QED) is 0.489. The van der Waals surface area contributed by atoms with Crippen LogP contribution in [0.1, 0.15) is 0 Å². The van der Waals surface area contributed by atoms with E-state index in [0.717, 1.165) is 0 Å². The minimum atomic E-state index is -2.21. The van der Waals surface area contributed by atoms with Crippen molar-refractivity contribution in [3.8, 4) is 5.75 Å². The predicted molar refractivity (Wildman–Crippen MR) is 30.7 cm³/mol. The third-order valence-electron chi connectivity index (χ3n) is 0.727. The van der Waals surface area contributed by atoms with Crippen molar-refractivity contribution in [2.24, 2.45) is 0 Å². The normalized spacial score (nSPS) is 9.11. The van der Waals surface area contributed by atoms with E-state index < -0.39 is 7.32 Å². The largest absolute Gasteiger partial charge is 0.860 e. The van der Waals surface area contributed by atoms with Crippen molar-refractivity contribution in [1.82, 2.24) is 0 Å². The number of rotatable bonds is 2. The van der Waals surface area contributed by atoms with Gasteiger partial charge in [-0.15, -0.1) is 11.3 Å². The van der Waals surface area contributed by atoms with Gasteiger partial charge >= 0.3 is 0 Å². The second-order valence-corrected chi connectivity index (χ2v) is 2.15. The van der Waals surface area contributed by atoms with Crippen LogP contribution in [0.25, 0.3) is 0 Å². The molecule has 3 nitrogen and oxygen atoms in total. The molecule has 48 valence electrons. The molecule has 0 aliphatic carbocycles. The molecule has 0 fully saturated rings. The van der Waals surface area contributed by atoms with Crippen LogP contribution in [0.2, 0.25) is 0 Å². The van der Waals surface area contributed by atoms with Gasteiger partial charge in [-0.2, -0.15) is 0 Å². The molecule has 1 aromatic heterocycles. The van der Waals surface area contributed by atoms with Crippen molar-refractivity contribution in [2.75, 3.05) is 0 Å². The van der Waals surface area contributed by atoms with Crippen LogP contribution in [0.15, 0.2) is 16.8 Å². The fraction of sp³-hybridized carbons (Fsp3) is 0. The van der Waals surface area contributed by atoms with Crippen molar-refractivity contribution >= 4 is 18.7 Å². The first-order valence-electron chi connectivity index (χ1n) is 2.29. The molecule has 0 saturated carbocycles. The highest BCUT2D eigenvalue weighted by Crippen LogP contribution is 2.13. The maximum Gasteiger partial charge on any atom is 0.133 e. The summed E-state index contributed by atoms with van der Waals surface area (Å²) in [5.41, 5.74) is 0. The number of thiophene rings is 1. The lowest BCUT2D eigenvalue weighted by atomic mass is 10.2. The molecule has 9 heavy (non-hydrogen) atoms. The highest BCUT2D eigenvalue weighted by Gasteiger charge is 1.86. The topological polar surface area (TPSA) is 55.3 Å². The average Bonchev–Trinajstić information content (AvgIpc) is 2.15. The van der Waals surface area contributed by atoms with Gasteiger partial charge in [0.15, 0.2) is 0 Å². The third-order valence-corrected chi connectivity index (χ3v) is 1.39. The molecule has 0 N–H and O–H groups in total. The highest BCUT2D eigenvalue weighted by molar-refractivity contribution is 7.08. The lowest BCUT2D eigenvalue weighted by molar-refractivity contribution is -0.372. The molecule has 0 aromatic carbocycles. The summed E-state index contributed by atoms with van der Waals surface area (Å²) in [5.74, 6) is 0.356. The van der Waals surface area contributed by atoms with Crippen LogP contribution in [0.4, 0.5) is 0 Å². The lowest BCUT2D eigenvalue weighted by Crippen LogP contribution is -2.50. The van der Waals surface area contributed by atoms with Gasteiger partial charge in [0.05, 0.1) is 0 Å². The standard InChI is InChI=1S/C4H3BO3S/c6-5(7)8-4-1-2-9-3-4/h1-3H/q-2. The van der Waals surface area contributed by atoms with E-state index in [0.29, 0.717) is 5.75 Å². The Bertz CT molecular complexity index is 162. The van der Waals surface area contributed by atoms with Crippen LogP contribution in [0.3, 0.4) is 0 Å². The van der Waals surface area contributed by atoms with E-state index in [4.69, 9.17) is 0 Å². The maximum atomic E-state index is 9.82. The van der Waals surface area contributed by atoms with E-state index in [1.165, 1.54) is 11.3 Å². The van der Waals surface area contributed by atoms with Gasteiger partial charge in [0.2, 0.25) is 0 Å². The zero-order chi connectivity index (χ0) is 6.69. The average molecular weight is 142 g/mol. The summed E-state index contributed by atoms with van der Waals surface area (Å²) in [6.07, 6.45) is 0. The van der Waals surface area contributed by atoms with Crippen molar-refractivity contribution in [3.05, 3.63) is 16.8 Å². The minimum absolute atomic E-state index is 0.356. The Morgan fingerprint density at radius 2 is 2.33 bits per heavy atom. The molecular weight excluding hydrogens is 139 g/mol. The smallest absolute Gasteiger partial charge is 0.133 e. The predicted octanol–water partition coefficient (Wildman–Crippen LogP) is -1.17. The Morgan fingerprint density at radius 1 is 1.56 bits per heavy atom. The molecule has 0 atom stereocenters. The SMILES string of the molecule is [O-]B([O-])Oc1ccsc1. The Kier molecular flexibility index (Phi) is 2.10. The Balaban J connectivity index is 2.48. The van der Waals surface area contributed by atoms with Crippen LogP contribution < -0.4 is 14.7 Å². The van der Waals surface area contributed by atoms with Crippen molar-refractivity contribution in [1.29, 1.82) is 0 Å². The summed E-state index contributed by atoms with van der Waals surface area (Å²) < 4.78 is 4.25. The molecule has 0 aliphatic rings. The van der Waals surface area contributed by atoms with E-state index in [9.17, 15) is 10.0 Å². The second-order valence-electron chi connectivity index (χ2n) is 1.37. The second kappa shape index (κ2) is 2.86. The first kappa shape index (κ1) is 6.60. The summed E-state index contributed by atoms with van der Waals surface area (Å²) in [6.45, 7) is 0. The number of hydrogen-bond donors (Lipinski definition) is 0. The van der Waals surface area contributed by atoms with Gasteiger partial charge in [0.1, 0.15) is 13.1 Å². The van der Waals surface area contributed by atoms with Gasteiger partial charge in [-0.1, -0.05) is 0 Å². The molecule has 1 rings (SSSR count). The van der Waals surface area contributed by atoms with E-state index >= 15 is 0 Å². The summed E-state index contributed by atoms with van der Waals surface area (Å²) in [7, 11) is -2.21. The van der Waals surface area contributed by atoms with Crippen LogP contribution >= 0.6 is 11.3 Å². The molecule has 0 aliphatic heterocycles. The molecule has 0 spiro atoms. The highest BCUT2D eigenvalue weighted by atomic mass is 32.1. The van der Waals surface area contributed by atoms with Crippen LogP contribution in [0.5, 0.6) is 5.75 Å². The molecule has 0 amide bonds. The van der Waals surface area contributed by atoms with Gasteiger partial charge < -0.3 is 14.7 Å². The van der Waals surface area contributed by atoms with Crippen molar-refractivity contribution < 1.29 is 14.7 Å². The van der Waals surface area contributed by atoms with Gasteiger partial charge in [0.25, 0.3) is 0 Å². The summed E-state index contributed by atoms with van der Waals surface area (Å²) in [5, 5.41) is 23.0. The summed E-state index contributed by atoms with van der Waals surface area (Å²) >= 11 is 1.38. The third kappa shape index (κ3) is 2.05. The van der Waals surface area contributed by atoms with Gasteiger partial charge in [-0.05, 0) is 11.4 Å². The molecule has 1 heterocycles. The lowest BCUT2D eigenvalue weighted by Gasteiger charge is -2.25. The Morgan fingerprint density at radius 3 is 2.78 bits per heavy atom. The van der Waals surface area contributed by atoms with Gasteiger partial charge in [0, 0.05) is 5.38 Å². The Labute approximate surface area is 56.7 Å². The van der Waals surface area contributed by atoms with Crippen LogP contribution in [-0.2, 0) is 0 Å². The van der Waals surface area contributed by atoms with Crippen molar-refractivity contribution in [3.63, 3.8) is 0 Å². The molecule has 0 saturated heterocycles. The zero-order valence-corrected chi connectivity index (χ0v) is 5.26. The van der Waals surface area contributed by atoms with E-state index in [1.807, 2.05) is 0 Å². The van der Waals surface area contributed by atoms with Crippen LogP contribution in [-0.4, -0.2) is 7.32 Å². The minimum Gasteiger partial charge on any atom is -0.860 e. The van der Waals surface area contributed by atoms with Crippen molar-refractivity contribution in [2.45, 2.75) is 0 Å². The first-order valence-corrected chi connectivity index (χ1v) is 3.24. The first-order chi connectivity index (χ1) is 4.29. The molecule has 5 heteroatoms. The molecule has 0 radical (unpaired) electrons. The van der Waals surface area contributed by atoms with Gasteiger partial charge in [-0.3, -0.25) is 0 Å². The zero-order valence-electron chi connectivity index (χ0n) is 4.44. The molecular formula is C4H3BO3S-2. The fourth-order valence-corrected chi connectivity index (χ4v) is 0.990. The van der Waals surface area contributed by atoms with E-state index in [2.05, 4.69) is 4.65 Å². The fourth-order valence-electron chi connectivity index (χ4n) is 0.430. The maximum absolute atomic E-state index is 9.82. The number of hydrogen-bond acceptors (Lipinski definition) is 4. The molecule has 0 bridgehead atoms. The Hall–Kier alpha value is -0.515. The summed E-state index contributed by atoms with van der Waals surface area (Å²) in [6, 6.07) is 1.58. The van der Waals surface area contributed by atoms with E-state index in [1.54, 1.807) is 16.8 Å². The van der Waals surface area contributed by atoms with E-state index in [-0.39, 0.29) is 0 Å².